The SMILES string of the molecule is CCN(CC)CCOc1cccc(NC(=O)c2nc(-c3ccc(F)cc3)cc(-c3ccc(F)cc3)n2)c1OC. The number of anilines is 1. The molecule has 0 fully saturated rings. The van der Waals surface area contributed by atoms with Crippen molar-refractivity contribution >= 4 is 11.6 Å². The van der Waals surface area contributed by atoms with Crippen LogP contribution in [-0.2, 0) is 0 Å². The Bertz CT molecular complexity index is 1350. The lowest BCUT2D eigenvalue weighted by molar-refractivity contribution is 0.101. The Hall–Kier alpha value is -4.37. The zero-order valence-corrected chi connectivity index (χ0v) is 22.1. The average Bonchev–Trinajstić information content (AvgIpc) is 2.96. The largest absolute Gasteiger partial charge is 0.491 e. The first kappa shape index (κ1) is 27.7. The first-order valence-corrected chi connectivity index (χ1v) is 12.7. The molecule has 1 aromatic heterocycles. The number of rotatable bonds is 11. The molecule has 0 aliphatic heterocycles. The van der Waals surface area contributed by atoms with Gasteiger partial charge >= 0.3 is 0 Å². The molecule has 9 heteroatoms. The molecule has 1 N–H and O–H groups in total. The molecule has 0 spiro atoms. The number of carbonyl (C=O) groups excluding carboxylic acids is 1. The summed E-state index contributed by atoms with van der Waals surface area (Å²) < 4.78 is 38.6. The number of methoxy groups -OCH3 is 1. The highest BCUT2D eigenvalue weighted by atomic mass is 19.1. The van der Waals surface area contributed by atoms with Gasteiger partial charge in [0, 0.05) is 17.7 Å². The molecule has 0 aliphatic rings. The standard InChI is InChI=1S/C30H30F2N4O3/c1-4-36(5-2)17-18-39-27-8-6-7-24(28(27)38-3)35-30(37)29-33-25(20-9-13-22(31)14-10-20)19-26(34-29)21-11-15-23(32)16-12-21/h6-16,19H,4-5,17-18H2,1-3H3,(H,35,37). The van der Waals surface area contributed by atoms with E-state index in [0.29, 0.717) is 46.3 Å². The fourth-order valence-electron chi connectivity index (χ4n) is 4.03. The summed E-state index contributed by atoms with van der Waals surface area (Å²) in [6.45, 7) is 7.24. The molecule has 0 unspecified atom stereocenters. The summed E-state index contributed by atoms with van der Waals surface area (Å²) in [5.41, 5.74) is 2.40. The van der Waals surface area contributed by atoms with Gasteiger partial charge in [-0.2, -0.15) is 0 Å². The van der Waals surface area contributed by atoms with Crippen molar-refractivity contribution in [1.82, 2.24) is 14.9 Å². The van der Waals surface area contributed by atoms with Crippen LogP contribution in [0.3, 0.4) is 0 Å². The van der Waals surface area contributed by atoms with E-state index in [1.54, 1.807) is 48.5 Å². The summed E-state index contributed by atoms with van der Waals surface area (Å²) in [6.07, 6.45) is 0. The second kappa shape index (κ2) is 12.9. The maximum absolute atomic E-state index is 13.5. The van der Waals surface area contributed by atoms with E-state index in [4.69, 9.17) is 9.47 Å². The number of likely N-dealkylation sites (N-methyl/N-ethyl adjacent to an activating group) is 1. The van der Waals surface area contributed by atoms with Crippen LogP contribution in [0.5, 0.6) is 11.5 Å². The molecule has 0 aliphatic carbocycles. The molecule has 1 amide bonds. The lowest BCUT2D eigenvalue weighted by atomic mass is 10.1. The molecule has 39 heavy (non-hydrogen) atoms. The molecule has 4 aromatic rings. The number of hydrogen-bond donors (Lipinski definition) is 1. The van der Waals surface area contributed by atoms with Gasteiger partial charge in [-0.1, -0.05) is 19.9 Å². The zero-order valence-electron chi connectivity index (χ0n) is 22.1. The fourth-order valence-corrected chi connectivity index (χ4v) is 4.03. The third-order valence-electron chi connectivity index (χ3n) is 6.20. The Balaban J connectivity index is 1.64. The smallest absolute Gasteiger partial charge is 0.293 e. The van der Waals surface area contributed by atoms with Crippen molar-refractivity contribution in [3.63, 3.8) is 0 Å². The number of benzene rings is 3. The van der Waals surface area contributed by atoms with Gasteiger partial charge in [0.15, 0.2) is 11.5 Å². The summed E-state index contributed by atoms with van der Waals surface area (Å²) in [5, 5.41) is 2.82. The van der Waals surface area contributed by atoms with Crippen LogP contribution >= 0.6 is 0 Å². The Kier molecular flexibility index (Phi) is 9.17. The number of nitrogens with one attached hydrogen (secondary N) is 1. The van der Waals surface area contributed by atoms with Gasteiger partial charge in [-0.05, 0) is 79.8 Å². The number of amides is 1. The maximum Gasteiger partial charge on any atom is 0.293 e. The van der Waals surface area contributed by atoms with Crippen LogP contribution in [0.2, 0.25) is 0 Å². The minimum Gasteiger partial charge on any atom is -0.491 e. The molecule has 4 rings (SSSR count). The topological polar surface area (TPSA) is 76.6 Å². The van der Waals surface area contributed by atoms with E-state index >= 15 is 0 Å². The zero-order chi connectivity index (χ0) is 27.8. The summed E-state index contributed by atoms with van der Waals surface area (Å²) in [6, 6.07) is 18.4. The molecule has 7 nitrogen and oxygen atoms in total. The van der Waals surface area contributed by atoms with E-state index in [1.807, 2.05) is 0 Å². The predicted octanol–water partition coefficient (Wildman–Crippen LogP) is 6.07. The van der Waals surface area contributed by atoms with Crippen molar-refractivity contribution in [2.24, 2.45) is 0 Å². The van der Waals surface area contributed by atoms with Crippen LogP contribution in [-0.4, -0.2) is 54.1 Å². The number of carbonyl (C=O) groups is 1. The molecule has 1 heterocycles. The first-order chi connectivity index (χ1) is 18.9. The van der Waals surface area contributed by atoms with Gasteiger partial charge in [0.1, 0.15) is 18.2 Å². The molecule has 202 valence electrons. The van der Waals surface area contributed by atoms with E-state index in [-0.39, 0.29) is 5.82 Å². The quantitative estimate of drug-likeness (QED) is 0.253. The van der Waals surface area contributed by atoms with E-state index in [1.165, 1.54) is 31.4 Å². The summed E-state index contributed by atoms with van der Waals surface area (Å²) in [5.74, 6) is -0.618. The molecule has 3 aromatic carbocycles. The number of hydrogen-bond acceptors (Lipinski definition) is 6. The highest BCUT2D eigenvalue weighted by molar-refractivity contribution is 6.03. The molecule has 0 radical (unpaired) electrons. The predicted molar refractivity (Wildman–Crippen MR) is 147 cm³/mol. The minimum absolute atomic E-state index is 0.119. The molecule has 0 saturated carbocycles. The highest BCUT2D eigenvalue weighted by Gasteiger charge is 2.19. The van der Waals surface area contributed by atoms with Crippen molar-refractivity contribution in [2.75, 3.05) is 38.7 Å². The Labute approximate surface area is 226 Å². The third kappa shape index (κ3) is 6.94. The Morgan fingerprint density at radius 2 is 1.44 bits per heavy atom. The van der Waals surface area contributed by atoms with Crippen molar-refractivity contribution in [1.29, 1.82) is 0 Å². The number of para-hydroxylation sites is 1. The lowest BCUT2D eigenvalue weighted by Crippen LogP contribution is -2.28. The normalized spacial score (nSPS) is 10.9. The Morgan fingerprint density at radius 1 is 0.872 bits per heavy atom. The van der Waals surface area contributed by atoms with E-state index in [0.717, 1.165) is 19.6 Å². The number of nitrogens with zero attached hydrogens (tertiary/aromatic N) is 3. The van der Waals surface area contributed by atoms with Gasteiger partial charge in [0.05, 0.1) is 24.2 Å². The lowest BCUT2D eigenvalue weighted by Gasteiger charge is -2.19. The number of ether oxygens (including phenoxy) is 2. The number of aromatic nitrogens is 2. The van der Waals surface area contributed by atoms with Gasteiger partial charge in [0.2, 0.25) is 5.82 Å². The van der Waals surface area contributed by atoms with Crippen LogP contribution in [0.1, 0.15) is 24.5 Å². The summed E-state index contributed by atoms with van der Waals surface area (Å²) in [7, 11) is 1.50. The van der Waals surface area contributed by atoms with Crippen LogP contribution in [0.15, 0.2) is 72.8 Å². The second-order valence-corrected chi connectivity index (χ2v) is 8.64. The maximum atomic E-state index is 13.5. The van der Waals surface area contributed by atoms with Gasteiger partial charge in [-0.3, -0.25) is 4.79 Å². The average molecular weight is 533 g/mol. The van der Waals surface area contributed by atoms with Gasteiger partial charge in [-0.15, -0.1) is 0 Å². The molecule has 0 atom stereocenters. The van der Waals surface area contributed by atoms with Crippen molar-refractivity contribution in [3.8, 4) is 34.0 Å². The van der Waals surface area contributed by atoms with Crippen molar-refractivity contribution in [2.45, 2.75) is 13.8 Å². The van der Waals surface area contributed by atoms with Crippen LogP contribution < -0.4 is 14.8 Å². The van der Waals surface area contributed by atoms with E-state index in [9.17, 15) is 13.6 Å². The van der Waals surface area contributed by atoms with Gasteiger partial charge in [-0.25, -0.2) is 18.7 Å². The number of halogens is 2. The molecular formula is C30H30F2N4O3. The minimum atomic E-state index is -0.582. The summed E-state index contributed by atoms with van der Waals surface area (Å²) in [4.78, 5) is 24.5. The van der Waals surface area contributed by atoms with Crippen LogP contribution in [0.25, 0.3) is 22.5 Å². The van der Waals surface area contributed by atoms with Crippen LogP contribution in [0, 0.1) is 11.6 Å². The first-order valence-electron chi connectivity index (χ1n) is 12.7. The summed E-state index contributed by atoms with van der Waals surface area (Å²) >= 11 is 0. The second-order valence-electron chi connectivity index (χ2n) is 8.64. The molecular weight excluding hydrogens is 502 g/mol. The Morgan fingerprint density at radius 3 is 1.95 bits per heavy atom. The third-order valence-corrected chi connectivity index (χ3v) is 6.20. The molecule has 0 bridgehead atoms. The van der Waals surface area contributed by atoms with Crippen LogP contribution in [0.4, 0.5) is 14.5 Å². The molecule has 0 saturated heterocycles. The van der Waals surface area contributed by atoms with Gasteiger partial charge in [0.25, 0.3) is 5.91 Å². The van der Waals surface area contributed by atoms with Crippen molar-refractivity contribution in [3.05, 3.63) is 90.3 Å². The monoisotopic (exact) mass is 532 g/mol. The van der Waals surface area contributed by atoms with Crippen molar-refractivity contribution < 1.29 is 23.0 Å². The van der Waals surface area contributed by atoms with E-state index < -0.39 is 17.5 Å². The van der Waals surface area contributed by atoms with Gasteiger partial charge < -0.3 is 19.7 Å². The van der Waals surface area contributed by atoms with E-state index in [2.05, 4.69) is 34.0 Å². The highest BCUT2D eigenvalue weighted by Crippen LogP contribution is 2.35. The fraction of sp³-hybridized carbons (Fsp3) is 0.233.